The van der Waals surface area contributed by atoms with Crippen molar-refractivity contribution in [2.45, 2.75) is 6.67 Å². The van der Waals surface area contributed by atoms with Crippen molar-refractivity contribution in [2.24, 2.45) is 0 Å². The SMILES string of the molecule is c1coc2c3n([nH]cc-2[nH]1)CNN3. The summed E-state index contributed by atoms with van der Waals surface area (Å²) in [7, 11) is 0. The number of fused-ring (bicyclic) bond motifs is 3. The third-order valence-electron chi connectivity index (χ3n) is 2.03. The molecule has 6 nitrogen and oxygen atoms in total. The van der Waals surface area contributed by atoms with Crippen LogP contribution in [0.3, 0.4) is 0 Å². The van der Waals surface area contributed by atoms with Crippen LogP contribution in [0, 0.1) is 0 Å². The van der Waals surface area contributed by atoms with Gasteiger partial charge in [0.15, 0.2) is 11.6 Å². The monoisotopic (exact) mass is 179 g/mol. The van der Waals surface area contributed by atoms with Crippen LogP contribution in [0.4, 0.5) is 5.82 Å². The Bertz CT molecular complexity index is 432. The van der Waals surface area contributed by atoms with E-state index in [1.54, 1.807) is 12.5 Å². The van der Waals surface area contributed by atoms with Gasteiger partial charge < -0.3 is 19.9 Å². The van der Waals surface area contributed by atoms with Crippen LogP contribution in [-0.4, -0.2) is 14.8 Å². The molecule has 3 aliphatic rings. The van der Waals surface area contributed by atoms with Gasteiger partial charge in [0.05, 0.1) is 0 Å². The van der Waals surface area contributed by atoms with Gasteiger partial charge in [-0.2, -0.15) is 0 Å². The van der Waals surface area contributed by atoms with Crippen LogP contribution in [0.1, 0.15) is 0 Å². The van der Waals surface area contributed by atoms with E-state index < -0.39 is 0 Å². The molecular formula is C7H9N5O. The molecule has 3 aliphatic heterocycles. The molecule has 3 heterocycles. The Hall–Kier alpha value is -1.82. The van der Waals surface area contributed by atoms with E-state index in [0.29, 0.717) is 6.67 Å². The van der Waals surface area contributed by atoms with Gasteiger partial charge in [-0.25, -0.2) is 5.43 Å². The number of aromatic nitrogens is 3. The lowest BCUT2D eigenvalue weighted by Crippen LogP contribution is -2.12. The first kappa shape index (κ1) is 6.67. The summed E-state index contributed by atoms with van der Waals surface area (Å²) in [5, 5.41) is 3.09. The standard InChI is InChI=1S/C7H9N5O/c1-2-13-6-5(8-1)3-10-12-4-9-11-7(6)12/h1-3,8-11H,4H2. The molecule has 0 saturated carbocycles. The minimum absolute atomic E-state index is 0.704. The Kier molecular flexibility index (Phi) is 1.20. The minimum atomic E-state index is 0.704. The highest BCUT2D eigenvalue weighted by atomic mass is 16.3. The van der Waals surface area contributed by atoms with Crippen molar-refractivity contribution in [3.05, 3.63) is 18.7 Å². The Morgan fingerprint density at radius 3 is 3.46 bits per heavy atom. The van der Waals surface area contributed by atoms with Gasteiger partial charge in [0.1, 0.15) is 18.6 Å². The number of nitrogens with one attached hydrogen (secondary N) is 4. The van der Waals surface area contributed by atoms with E-state index >= 15 is 0 Å². The summed E-state index contributed by atoms with van der Waals surface area (Å²) in [6.07, 6.45) is 5.22. The molecule has 0 fully saturated rings. The largest absolute Gasteiger partial charge is 0.457 e. The van der Waals surface area contributed by atoms with Gasteiger partial charge in [0.2, 0.25) is 0 Å². The van der Waals surface area contributed by atoms with Crippen LogP contribution in [0.25, 0.3) is 11.5 Å². The van der Waals surface area contributed by atoms with Gasteiger partial charge in [0, 0.05) is 12.4 Å². The Labute approximate surface area is 73.5 Å². The van der Waals surface area contributed by atoms with Crippen molar-refractivity contribution >= 4 is 5.82 Å². The fourth-order valence-electron chi connectivity index (χ4n) is 1.43. The third kappa shape index (κ3) is 0.858. The fourth-order valence-corrected chi connectivity index (χ4v) is 1.43. The van der Waals surface area contributed by atoms with Crippen molar-refractivity contribution < 1.29 is 4.42 Å². The maximum atomic E-state index is 5.38. The molecule has 0 unspecified atom stereocenters. The van der Waals surface area contributed by atoms with Crippen LogP contribution in [0.15, 0.2) is 23.1 Å². The summed E-state index contributed by atoms with van der Waals surface area (Å²) in [5.41, 5.74) is 6.92. The zero-order valence-corrected chi connectivity index (χ0v) is 6.79. The quantitative estimate of drug-likeness (QED) is 0.484. The van der Waals surface area contributed by atoms with Gasteiger partial charge >= 0.3 is 0 Å². The summed E-state index contributed by atoms with van der Waals surface area (Å²) >= 11 is 0. The second-order valence-electron chi connectivity index (χ2n) is 2.82. The van der Waals surface area contributed by atoms with E-state index in [0.717, 1.165) is 17.3 Å². The molecule has 0 bridgehead atoms. The van der Waals surface area contributed by atoms with Gasteiger partial charge in [-0.05, 0) is 0 Å². The highest BCUT2D eigenvalue weighted by Crippen LogP contribution is 2.27. The maximum Gasteiger partial charge on any atom is 0.194 e. The molecular weight excluding hydrogens is 170 g/mol. The normalized spacial score (nSPS) is 14.2. The molecule has 0 aromatic carbocycles. The molecule has 0 spiro atoms. The Morgan fingerprint density at radius 1 is 1.46 bits per heavy atom. The van der Waals surface area contributed by atoms with E-state index in [9.17, 15) is 0 Å². The van der Waals surface area contributed by atoms with Gasteiger partial charge in [0.25, 0.3) is 0 Å². The van der Waals surface area contributed by atoms with E-state index in [4.69, 9.17) is 4.42 Å². The summed E-state index contributed by atoms with van der Waals surface area (Å²) in [4.78, 5) is 3.07. The molecule has 13 heavy (non-hydrogen) atoms. The third-order valence-corrected chi connectivity index (χ3v) is 2.03. The molecule has 0 aromatic heterocycles. The molecule has 0 atom stereocenters. The van der Waals surface area contributed by atoms with Crippen LogP contribution < -0.4 is 10.9 Å². The first-order chi connectivity index (χ1) is 6.45. The average Bonchev–Trinajstić information content (AvgIpc) is 2.65. The number of H-pyrrole nitrogens is 2. The molecule has 3 rings (SSSR count). The molecule has 68 valence electrons. The number of aromatic amines is 2. The Balaban J connectivity index is 2.36. The van der Waals surface area contributed by atoms with E-state index in [1.807, 2.05) is 10.9 Å². The predicted octanol–water partition coefficient (Wildman–Crippen LogP) is 0.854. The molecule has 0 amide bonds. The van der Waals surface area contributed by atoms with Crippen LogP contribution in [0.5, 0.6) is 0 Å². The lowest BCUT2D eigenvalue weighted by atomic mass is 10.3. The minimum Gasteiger partial charge on any atom is -0.457 e. The summed E-state index contributed by atoms with van der Waals surface area (Å²) < 4.78 is 7.30. The van der Waals surface area contributed by atoms with Crippen LogP contribution in [-0.2, 0) is 6.67 Å². The lowest BCUT2D eigenvalue weighted by Gasteiger charge is -2.09. The van der Waals surface area contributed by atoms with Crippen LogP contribution in [0.2, 0.25) is 0 Å². The molecule has 4 N–H and O–H groups in total. The van der Waals surface area contributed by atoms with Crippen LogP contribution >= 0.6 is 0 Å². The number of hydrogen-bond donors (Lipinski definition) is 4. The lowest BCUT2D eigenvalue weighted by molar-refractivity contribution is 0.543. The number of rotatable bonds is 0. The maximum absolute atomic E-state index is 5.38. The molecule has 0 aliphatic carbocycles. The molecule has 6 heteroatoms. The van der Waals surface area contributed by atoms with E-state index in [1.165, 1.54) is 0 Å². The highest BCUT2D eigenvalue weighted by molar-refractivity contribution is 5.66. The van der Waals surface area contributed by atoms with E-state index in [2.05, 4.69) is 20.9 Å². The van der Waals surface area contributed by atoms with Crippen molar-refractivity contribution in [1.29, 1.82) is 0 Å². The summed E-state index contributed by atoms with van der Waals surface area (Å²) in [5.74, 6) is 1.70. The zero-order chi connectivity index (χ0) is 8.67. The smallest absolute Gasteiger partial charge is 0.194 e. The van der Waals surface area contributed by atoms with Crippen molar-refractivity contribution in [2.75, 3.05) is 5.43 Å². The second-order valence-corrected chi connectivity index (χ2v) is 2.82. The second kappa shape index (κ2) is 2.33. The van der Waals surface area contributed by atoms with Gasteiger partial charge in [-0.15, -0.1) is 0 Å². The topological polar surface area (TPSA) is 73.7 Å². The summed E-state index contributed by atoms with van der Waals surface area (Å²) in [6, 6.07) is 0. The summed E-state index contributed by atoms with van der Waals surface area (Å²) in [6.45, 7) is 0.704. The average molecular weight is 179 g/mol. The van der Waals surface area contributed by atoms with Gasteiger partial charge in [-0.1, -0.05) is 0 Å². The predicted molar refractivity (Wildman–Crippen MR) is 46.4 cm³/mol. The van der Waals surface area contributed by atoms with E-state index in [-0.39, 0.29) is 0 Å². The molecule has 0 aromatic rings. The Morgan fingerprint density at radius 2 is 2.46 bits per heavy atom. The number of hydrogen-bond acceptors (Lipinski definition) is 3. The number of anilines is 1. The number of hydrazine groups is 1. The fraction of sp³-hybridized carbons (Fsp3) is 0.143. The van der Waals surface area contributed by atoms with Gasteiger partial charge in [-0.3, -0.25) is 4.68 Å². The van der Waals surface area contributed by atoms with Crippen molar-refractivity contribution in [3.63, 3.8) is 0 Å². The van der Waals surface area contributed by atoms with Crippen molar-refractivity contribution in [1.82, 2.24) is 20.2 Å². The first-order valence-electron chi connectivity index (χ1n) is 4.01. The molecule has 0 saturated heterocycles. The highest BCUT2D eigenvalue weighted by Gasteiger charge is 2.17. The van der Waals surface area contributed by atoms with Crippen molar-refractivity contribution in [3.8, 4) is 11.5 Å². The number of nitrogens with zero attached hydrogens (tertiary/aromatic N) is 1. The molecule has 0 radical (unpaired) electrons. The zero-order valence-electron chi connectivity index (χ0n) is 6.79. The first-order valence-corrected chi connectivity index (χ1v) is 4.01.